The monoisotopic (exact) mass is 375 g/mol. The van der Waals surface area contributed by atoms with E-state index in [4.69, 9.17) is 33.6 Å². The average molecular weight is 376 g/mol. The Bertz CT molecular complexity index is 867. The maximum atomic E-state index is 12.1. The van der Waals surface area contributed by atoms with Crippen molar-refractivity contribution in [1.29, 1.82) is 5.26 Å². The van der Waals surface area contributed by atoms with Crippen LogP contribution in [0.25, 0.3) is 0 Å². The third kappa shape index (κ3) is 4.73. The highest BCUT2D eigenvalue weighted by molar-refractivity contribution is 6.39. The normalized spacial score (nSPS) is 10.7. The van der Waals surface area contributed by atoms with E-state index in [-0.39, 0.29) is 11.1 Å². The van der Waals surface area contributed by atoms with Gasteiger partial charge >= 0.3 is 5.97 Å². The van der Waals surface area contributed by atoms with Crippen LogP contribution in [0, 0.1) is 11.3 Å². The molecule has 6 nitrogen and oxygen atoms in total. The molecule has 0 saturated heterocycles. The Morgan fingerprint density at radius 2 is 1.68 bits per heavy atom. The summed E-state index contributed by atoms with van der Waals surface area (Å²) in [5.41, 5.74) is 0.603. The van der Waals surface area contributed by atoms with E-state index in [2.05, 4.69) is 10.6 Å². The van der Waals surface area contributed by atoms with Crippen LogP contribution >= 0.6 is 23.2 Å². The van der Waals surface area contributed by atoms with Crippen molar-refractivity contribution in [1.82, 2.24) is 0 Å². The van der Waals surface area contributed by atoms with Crippen molar-refractivity contribution in [2.45, 2.75) is 0 Å². The molecule has 0 aliphatic rings. The number of nitriles is 1. The van der Waals surface area contributed by atoms with Gasteiger partial charge in [0.05, 0.1) is 21.3 Å². The lowest BCUT2D eigenvalue weighted by atomic mass is 10.2. The van der Waals surface area contributed by atoms with E-state index in [1.807, 2.05) is 0 Å². The molecule has 8 heteroatoms. The van der Waals surface area contributed by atoms with Gasteiger partial charge < -0.3 is 15.7 Å². The number of amides is 1. The quantitative estimate of drug-likeness (QED) is 0.538. The summed E-state index contributed by atoms with van der Waals surface area (Å²) in [6, 6.07) is 12.2. The summed E-state index contributed by atoms with van der Waals surface area (Å²) in [6.07, 6.45) is 1.19. The summed E-state index contributed by atoms with van der Waals surface area (Å²) < 4.78 is 0. The summed E-state index contributed by atoms with van der Waals surface area (Å²) in [7, 11) is 0. The molecule has 2 rings (SSSR count). The zero-order valence-corrected chi connectivity index (χ0v) is 14.1. The average Bonchev–Trinajstić information content (AvgIpc) is 2.58. The molecule has 0 heterocycles. The second-order valence-corrected chi connectivity index (χ2v) is 5.56. The summed E-state index contributed by atoms with van der Waals surface area (Å²) >= 11 is 12.0. The minimum Gasteiger partial charge on any atom is -0.478 e. The number of rotatable bonds is 5. The van der Waals surface area contributed by atoms with Crippen LogP contribution in [0.5, 0.6) is 0 Å². The number of para-hydroxylation sites is 1. The third-order valence-electron chi connectivity index (χ3n) is 3.08. The SMILES string of the molecule is N#C/C(=C/Nc1c(Cl)cccc1Cl)C(=O)Nc1ccc(C(=O)O)cc1. The predicted octanol–water partition coefficient (Wildman–Crippen LogP) is 4.15. The highest BCUT2D eigenvalue weighted by Gasteiger charge is 2.11. The van der Waals surface area contributed by atoms with Gasteiger partial charge in [-0.05, 0) is 36.4 Å². The van der Waals surface area contributed by atoms with Crippen molar-refractivity contribution < 1.29 is 14.7 Å². The number of halogens is 2. The summed E-state index contributed by atoms with van der Waals surface area (Å²) in [5.74, 6) is -1.74. The number of hydrogen-bond donors (Lipinski definition) is 3. The number of carboxylic acids is 1. The van der Waals surface area contributed by atoms with Crippen molar-refractivity contribution in [3.63, 3.8) is 0 Å². The molecule has 0 bridgehead atoms. The molecule has 0 aliphatic heterocycles. The lowest BCUT2D eigenvalue weighted by Gasteiger charge is -2.08. The van der Waals surface area contributed by atoms with Crippen molar-refractivity contribution in [2.75, 3.05) is 10.6 Å². The Hall–Kier alpha value is -3.01. The first kappa shape index (κ1) is 18.3. The topological polar surface area (TPSA) is 102 Å². The number of carboxylic acid groups (broad SMARTS) is 1. The van der Waals surface area contributed by atoms with E-state index in [9.17, 15) is 9.59 Å². The van der Waals surface area contributed by atoms with Crippen LogP contribution in [0.1, 0.15) is 10.4 Å². The first-order valence-electron chi connectivity index (χ1n) is 6.88. The minimum absolute atomic E-state index is 0.0871. The van der Waals surface area contributed by atoms with Gasteiger partial charge in [-0.2, -0.15) is 5.26 Å². The van der Waals surface area contributed by atoms with Crippen LogP contribution in [-0.2, 0) is 4.79 Å². The number of aromatic carboxylic acids is 1. The molecule has 0 saturated carbocycles. The van der Waals surface area contributed by atoms with Gasteiger partial charge in [0, 0.05) is 11.9 Å². The highest BCUT2D eigenvalue weighted by Crippen LogP contribution is 2.29. The Labute approximate surface area is 153 Å². The van der Waals surface area contributed by atoms with Crippen molar-refractivity contribution in [2.24, 2.45) is 0 Å². The number of benzene rings is 2. The molecule has 0 aromatic heterocycles. The maximum Gasteiger partial charge on any atom is 0.335 e. The summed E-state index contributed by atoms with van der Waals surface area (Å²) in [6.45, 7) is 0. The van der Waals surface area contributed by atoms with Gasteiger partial charge in [0.1, 0.15) is 11.6 Å². The van der Waals surface area contributed by atoms with E-state index in [1.165, 1.54) is 30.5 Å². The van der Waals surface area contributed by atoms with Crippen LogP contribution in [0.15, 0.2) is 54.2 Å². The minimum atomic E-state index is -1.07. The highest BCUT2D eigenvalue weighted by atomic mass is 35.5. The van der Waals surface area contributed by atoms with Crippen LogP contribution in [0.3, 0.4) is 0 Å². The van der Waals surface area contributed by atoms with Gasteiger partial charge in [-0.25, -0.2) is 4.79 Å². The Kier molecular flexibility index (Phi) is 6.01. The standard InChI is InChI=1S/C17H11Cl2N3O3/c18-13-2-1-3-14(19)15(13)21-9-11(8-20)16(23)22-12-6-4-10(5-7-12)17(24)25/h1-7,9,21H,(H,22,23)(H,24,25)/b11-9-. The lowest BCUT2D eigenvalue weighted by Crippen LogP contribution is -2.14. The van der Waals surface area contributed by atoms with Crippen molar-refractivity contribution in [3.05, 3.63) is 69.8 Å². The molecule has 0 radical (unpaired) electrons. The summed E-state index contributed by atoms with van der Waals surface area (Å²) in [5, 5.41) is 23.9. The largest absolute Gasteiger partial charge is 0.478 e. The number of hydrogen-bond acceptors (Lipinski definition) is 4. The Balaban J connectivity index is 2.13. The molecule has 0 spiro atoms. The molecule has 25 heavy (non-hydrogen) atoms. The Morgan fingerprint density at radius 3 is 2.20 bits per heavy atom. The van der Waals surface area contributed by atoms with Crippen LogP contribution < -0.4 is 10.6 Å². The number of nitrogens with one attached hydrogen (secondary N) is 2. The lowest BCUT2D eigenvalue weighted by molar-refractivity contribution is -0.112. The number of anilines is 2. The number of nitrogens with zero attached hydrogens (tertiary/aromatic N) is 1. The van der Waals surface area contributed by atoms with Gasteiger partial charge in [0.2, 0.25) is 0 Å². The van der Waals surface area contributed by atoms with E-state index in [0.29, 0.717) is 21.4 Å². The van der Waals surface area contributed by atoms with Gasteiger partial charge in [0.15, 0.2) is 0 Å². The van der Waals surface area contributed by atoms with Crippen LogP contribution in [0.2, 0.25) is 10.0 Å². The second kappa shape index (κ2) is 8.20. The Morgan fingerprint density at radius 1 is 1.08 bits per heavy atom. The van der Waals surface area contributed by atoms with E-state index >= 15 is 0 Å². The van der Waals surface area contributed by atoms with Crippen LogP contribution in [-0.4, -0.2) is 17.0 Å². The zero-order chi connectivity index (χ0) is 18.4. The van der Waals surface area contributed by atoms with Crippen LogP contribution in [0.4, 0.5) is 11.4 Å². The fraction of sp³-hybridized carbons (Fsp3) is 0. The van der Waals surface area contributed by atoms with E-state index in [1.54, 1.807) is 24.3 Å². The fourth-order valence-electron chi connectivity index (χ4n) is 1.82. The van der Waals surface area contributed by atoms with Crippen molar-refractivity contribution in [3.8, 4) is 6.07 Å². The second-order valence-electron chi connectivity index (χ2n) is 4.75. The molecule has 0 atom stereocenters. The number of carbonyl (C=O) groups excluding carboxylic acids is 1. The zero-order valence-electron chi connectivity index (χ0n) is 12.6. The maximum absolute atomic E-state index is 12.1. The van der Waals surface area contributed by atoms with E-state index < -0.39 is 11.9 Å². The molecule has 0 unspecified atom stereocenters. The third-order valence-corrected chi connectivity index (χ3v) is 3.71. The van der Waals surface area contributed by atoms with Crippen molar-refractivity contribution >= 4 is 46.5 Å². The molecule has 0 aliphatic carbocycles. The van der Waals surface area contributed by atoms with Gasteiger partial charge in [-0.3, -0.25) is 4.79 Å². The molecule has 3 N–H and O–H groups in total. The number of carbonyl (C=O) groups is 2. The predicted molar refractivity (Wildman–Crippen MR) is 95.8 cm³/mol. The first-order valence-corrected chi connectivity index (χ1v) is 7.63. The molecular weight excluding hydrogens is 365 g/mol. The van der Waals surface area contributed by atoms with Gasteiger partial charge in [-0.1, -0.05) is 29.3 Å². The molecular formula is C17H11Cl2N3O3. The first-order chi connectivity index (χ1) is 11.9. The van der Waals surface area contributed by atoms with Gasteiger partial charge in [-0.15, -0.1) is 0 Å². The molecule has 126 valence electrons. The molecule has 1 amide bonds. The van der Waals surface area contributed by atoms with E-state index in [0.717, 1.165) is 0 Å². The van der Waals surface area contributed by atoms with Gasteiger partial charge in [0.25, 0.3) is 5.91 Å². The molecule has 2 aromatic rings. The molecule has 0 fully saturated rings. The smallest absolute Gasteiger partial charge is 0.335 e. The molecule has 2 aromatic carbocycles. The summed E-state index contributed by atoms with van der Waals surface area (Å²) in [4.78, 5) is 22.9. The fourth-order valence-corrected chi connectivity index (χ4v) is 2.33.